The first-order valence-corrected chi connectivity index (χ1v) is 13.4. The van der Waals surface area contributed by atoms with Crippen molar-refractivity contribution in [3.05, 3.63) is 35.9 Å². The highest BCUT2D eigenvalue weighted by Crippen LogP contribution is 2.36. The van der Waals surface area contributed by atoms with Gasteiger partial charge in [-0.15, -0.1) is 0 Å². The van der Waals surface area contributed by atoms with Gasteiger partial charge in [0.1, 0.15) is 12.2 Å². The summed E-state index contributed by atoms with van der Waals surface area (Å²) in [6.07, 6.45) is -0.585. The van der Waals surface area contributed by atoms with Gasteiger partial charge < -0.3 is 19.2 Å². The fourth-order valence-corrected chi connectivity index (χ4v) is 3.33. The lowest BCUT2D eigenvalue weighted by Crippen LogP contribution is -2.50. The number of amides is 1. The standard InChI is InChI=1S/C23H39NO5Si/c1-17(20(25)29-22(2,3)4)19(16-28-30(8,9)23(5,6)7)24-21(26)27-15-18-13-11-10-12-14-18/h10-14,17,19H,15-16H2,1-9H3,(H,24,26)/t17-,19-/m1/s1. The zero-order chi connectivity index (χ0) is 23.2. The molecule has 170 valence electrons. The summed E-state index contributed by atoms with van der Waals surface area (Å²) in [6, 6.07) is 8.88. The molecule has 1 N–H and O–H groups in total. The van der Waals surface area contributed by atoms with Crippen LogP contribution in [0.2, 0.25) is 18.1 Å². The van der Waals surface area contributed by atoms with E-state index in [9.17, 15) is 9.59 Å². The van der Waals surface area contributed by atoms with Crippen LogP contribution in [0.1, 0.15) is 54.0 Å². The number of esters is 1. The fraction of sp³-hybridized carbons (Fsp3) is 0.652. The summed E-state index contributed by atoms with van der Waals surface area (Å²) in [7, 11) is -2.06. The number of rotatable bonds is 8. The molecule has 0 heterocycles. The summed E-state index contributed by atoms with van der Waals surface area (Å²) in [4.78, 5) is 25.1. The van der Waals surface area contributed by atoms with Crippen LogP contribution in [0.5, 0.6) is 0 Å². The molecule has 0 fully saturated rings. The molecule has 1 amide bonds. The van der Waals surface area contributed by atoms with Gasteiger partial charge in [0.15, 0.2) is 8.32 Å². The molecule has 0 aromatic heterocycles. The van der Waals surface area contributed by atoms with E-state index in [-0.39, 0.29) is 24.2 Å². The average molecular weight is 438 g/mol. The van der Waals surface area contributed by atoms with E-state index in [1.807, 2.05) is 51.1 Å². The van der Waals surface area contributed by atoms with Crippen molar-refractivity contribution in [2.24, 2.45) is 5.92 Å². The van der Waals surface area contributed by atoms with Gasteiger partial charge in [0.25, 0.3) is 0 Å². The summed E-state index contributed by atoms with van der Waals surface area (Å²) in [5.41, 5.74) is 0.284. The van der Waals surface area contributed by atoms with Crippen molar-refractivity contribution < 1.29 is 23.5 Å². The molecule has 0 saturated carbocycles. The molecule has 7 heteroatoms. The van der Waals surface area contributed by atoms with Crippen molar-refractivity contribution in [1.82, 2.24) is 5.32 Å². The first kappa shape index (κ1) is 26.2. The van der Waals surface area contributed by atoms with E-state index in [0.717, 1.165) is 5.56 Å². The molecule has 2 atom stereocenters. The van der Waals surface area contributed by atoms with Crippen molar-refractivity contribution in [2.75, 3.05) is 6.61 Å². The number of carbonyl (C=O) groups excluding carboxylic acids is 2. The fourth-order valence-electron chi connectivity index (χ4n) is 2.30. The molecule has 0 aliphatic carbocycles. The van der Waals surface area contributed by atoms with Crippen LogP contribution >= 0.6 is 0 Å². The van der Waals surface area contributed by atoms with Gasteiger partial charge in [-0.3, -0.25) is 4.79 Å². The van der Waals surface area contributed by atoms with Crippen LogP contribution in [0.25, 0.3) is 0 Å². The smallest absolute Gasteiger partial charge is 0.407 e. The minimum absolute atomic E-state index is 0.0144. The summed E-state index contributed by atoms with van der Waals surface area (Å²) in [5, 5.41) is 2.83. The van der Waals surface area contributed by atoms with E-state index in [0.29, 0.717) is 0 Å². The quantitative estimate of drug-likeness (QED) is 0.442. The summed E-state index contributed by atoms with van der Waals surface area (Å²) >= 11 is 0. The minimum atomic E-state index is -2.06. The molecule has 0 radical (unpaired) electrons. The highest BCUT2D eigenvalue weighted by molar-refractivity contribution is 6.74. The summed E-state index contributed by atoms with van der Waals surface area (Å²) in [5.74, 6) is -0.965. The van der Waals surface area contributed by atoms with Gasteiger partial charge in [0.05, 0.1) is 18.6 Å². The number of ether oxygens (including phenoxy) is 2. The Hall–Kier alpha value is -1.86. The van der Waals surface area contributed by atoms with E-state index in [1.54, 1.807) is 6.92 Å². The number of hydrogen-bond acceptors (Lipinski definition) is 5. The molecule has 0 unspecified atom stereocenters. The van der Waals surface area contributed by atoms with Crippen molar-refractivity contribution in [1.29, 1.82) is 0 Å². The first-order valence-electron chi connectivity index (χ1n) is 10.5. The minimum Gasteiger partial charge on any atom is -0.460 e. The lowest BCUT2D eigenvalue weighted by atomic mass is 10.0. The Labute approximate surface area is 182 Å². The molecule has 0 aliphatic heterocycles. The summed E-state index contributed by atoms with van der Waals surface area (Å²) in [6.45, 7) is 18.3. The van der Waals surface area contributed by atoms with Crippen LogP contribution < -0.4 is 5.32 Å². The monoisotopic (exact) mass is 437 g/mol. The second-order valence-electron chi connectivity index (χ2n) is 10.2. The maximum absolute atomic E-state index is 12.6. The third-order valence-corrected chi connectivity index (χ3v) is 9.83. The number of benzene rings is 1. The Morgan fingerprint density at radius 3 is 2.10 bits per heavy atom. The van der Waals surface area contributed by atoms with Crippen molar-refractivity contribution in [2.45, 2.75) is 84.8 Å². The zero-order valence-corrected chi connectivity index (χ0v) is 21.0. The van der Waals surface area contributed by atoms with Crippen LogP contribution in [0, 0.1) is 5.92 Å². The molecular formula is C23H39NO5Si. The lowest BCUT2D eigenvalue weighted by molar-refractivity contribution is -0.160. The number of hydrogen-bond donors (Lipinski definition) is 1. The highest BCUT2D eigenvalue weighted by Gasteiger charge is 2.39. The maximum atomic E-state index is 12.6. The molecule has 0 aliphatic rings. The van der Waals surface area contributed by atoms with E-state index >= 15 is 0 Å². The average Bonchev–Trinajstić information content (AvgIpc) is 2.61. The predicted octanol–water partition coefficient (Wildman–Crippen LogP) is 5.28. The highest BCUT2D eigenvalue weighted by atomic mass is 28.4. The third-order valence-electron chi connectivity index (χ3n) is 5.33. The Morgan fingerprint density at radius 1 is 1.03 bits per heavy atom. The molecule has 1 rings (SSSR count). The number of alkyl carbamates (subject to hydrolysis) is 1. The van der Waals surface area contributed by atoms with Gasteiger partial charge in [0.2, 0.25) is 0 Å². The van der Waals surface area contributed by atoms with E-state index in [1.165, 1.54) is 0 Å². The number of nitrogens with one attached hydrogen (secondary N) is 1. The van der Waals surface area contributed by atoms with Crippen LogP contribution in [-0.4, -0.2) is 38.6 Å². The van der Waals surface area contributed by atoms with Crippen molar-refractivity contribution >= 4 is 20.4 Å². The zero-order valence-electron chi connectivity index (χ0n) is 20.0. The van der Waals surface area contributed by atoms with Crippen molar-refractivity contribution in [3.63, 3.8) is 0 Å². The van der Waals surface area contributed by atoms with E-state index < -0.39 is 32.0 Å². The SMILES string of the molecule is C[C@@H](C(=O)OC(C)(C)C)[C@@H](CO[Si](C)(C)C(C)(C)C)NC(=O)OCc1ccccc1. The van der Waals surface area contributed by atoms with E-state index in [2.05, 4.69) is 39.2 Å². The normalized spacial score (nSPS) is 14.6. The summed E-state index contributed by atoms with van der Waals surface area (Å²) < 4.78 is 17.1. The third kappa shape index (κ3) is 8.88. The van der Waals surface area contributed by atoms with Crippen LogP contribution in [0.15, 0.2) is 30.3 Å². The topological polar surface area (TPSA) is 73.9 Å². The van der Waals surface area contributed by atoms with Crippen molar-refractivity contribution in [3.8, 4) is 0 Å². The molecule has 0 bridgehead atoms. The Bertz CT molecular complexity index is 692. The maximum Gasteiger partial charge on any atom is 0.407 e. The van der Waals surface area contributed by atoms with Gasteiger partial charge in [-0.1, -0.05) is 51.1 Å². The molecule has 0 saturated heterocycles. The largest absolute Gasteiger partial charge is 0.460 e. The molecular weight excluding hydrogens is 398 g/mol. The van der Waals surface area contributed by atoms with Gasteiger partial charge in [-0.2, -0.15) is 0 Å². The predicted molar refractivity (Wildman–Crippen MR) is 122 cm³/mol. The lowest BCUT2D eigenvalue weighted by Gasteiger charge is -2.38. The Kier molecular flexibility index (Phi) is 9.11. The first-order chi connectivity index (χ1) is 13.6. The second-order valence-corrected chi connectivity index (χ2v) is 15.0. The molecule has 30 heavy (non-hydrogen) atoms. The van der Waals surface area contributed by atoms with Crippen LogP contribution in [0.3, 0.4) is 0 Å². The van der Waals surface area contributed by atoms with Gasteiger partial charge in [0, 0.05) is 0 Å². The molecule has 6 nitrogen and oxygen atoms in total. The van der Waals surface area contributed by atoms with E-state index in [4.69, 9.17) is 13.9 Å². The van der Waals surface area contributed by atoms with Crippen LogP contribution in [0.4, 0.5) is 4.79 Å². The van der Waals surface area contributed by atoms with Gasteiger partial charge in [-0.25, -0.2) is 4.79 Å². The Morgan fingerprint density at radius 2 is 1.60 bits per heavy atom. The van der Waals surface area contributed by atoms with Gasteiger partial charge in [-0.05, 0) is 51.4 Å². The van der Waals surface area contributed by atoms with Crippen LogP contribution in [-0.2, 0) is 25.3 Å². The van der Waals surface area contributed by atoms with Gasteiger partial charge >= 0.3 is 12.1 Å². The number of carbonyl (C=O) groups is 2. The second kappa shape index (κ2) is 10.4. The molecule has 0 spiro atoms. The molecule has 1 aromatic carbocycles. The Balaban J connectivity index is 2.85. The molecule has 1 aromatic rings.